The topological polar surface area (TPSA) is 3.24 Å². The first-order chi connectivity index (χ1) is 7.12. The van der Waals surface area contributed by atoms with Gasteiger partial charge in [-0.2, -0.15) is 0 Å². The van der Waals surface area contributed by atoms with Crippen LogP contribution in [-0.4, -0.2) is 32.9 Å². The van der Waals surface area contributed by atoms with Gasteiger partial charge in [-0.25, -0.2) is 0 Å². The van der Waals surface area contributed by atoms with Gasteiger partial charge in [0.05, 0.1) is 0 Å². The van der Waals surface area contributed by atoms with Crippen molar-refractivity contribution in [3.8, 4) is 12.3 Å². The fraction of sp³-hybridized carbons (Fsp3) is 0.273. The van der Waals surface area contributed by atoms with E-state index in [1.165, 1.54) is 0 Å². The van der Waals surface area contributed by atoms with Crippen molar-refractivity contribution >= 4 is 36.7 Å². The van der Waals surface area contributed by atoms with E-state index < -0.39 is 5.01 Å². The zero-order valence-corrected chi connectivity index (χ0v) is 11.9. The van der Waals surface area contributed by atoms with Gasteiger partial charge in [0.2, 0.25) is 0 Å². The predicted molar refractivity (Wildman–Crippen MR) is 70.7 cm³/mol. The Morgan fingerprint density at radius 2 is 2.07 bits per heavy atom. The molecule has 0 aliphatic rings. The Morgan fingerprint density at radius 3 is 2.53 bits per heavy atom. The van der Waals surface area contributed by atoms with Crippen molar-refractivity contribution in [2.24, 2.45) is 0 Å². The van der Waals surface area contributed by atoms with Gasteiger partial charge in [-0.1, -0.05) is 0 Å². The van der Waals surface area contributed by atoms with Crippen LogP contribution in [0, 0.1) is 12.3 Å². The van der Waals surface area contributed by atoms with E-state index in [9.17, 15) is 0 Å². The Hall–Kier alpha value is -0.0205. The molecule has 1 nitrogen and oxygen atoms in total. The van der Waals surface area contributed by atoms with Crippen LogP contribution in [0.4, 0.5) is 0 Å². The Balaban J connectivity index is 3.02. The van der Waals surface area contributed by atoms with E-state index in [0.717, 1.165) is 11.8 Å². The molecule has 0 spiro atoms. The van der Waals surface area contributed by atoms with Crippen LogP contribution in [0.25, 0.3) is 0 Å². The van der Waals surface area contributed by atoms with Crippen molar-refractivity contribution in [2.45, 2.75) is 6.92 Å². The molecule has 0 radical (unpaired) electrons. The third-order valence-corrected chi connectivity index (χ3v) is 8.17. The molecule has 1 rings (SSSR count). The van der Waals surface area contributed by atoms with Crippen molar-refractivity contribution < 1.29 is 0 Å². The van der Waals surface area contributed by atoms with Crippen LogP contribution in [0.1, 0.15) is 6.92 Å². The second-order valence-electron chi connectivity index (χ2n) is 3.02. The third kappa shape index (κ3) is 3.22. The van der Waals surface area contributed by atoms with E-state index in [-0.39, 0.29) is 0 Å². The molecule has 0 bridgehead atoms. The predicted octanol–water partition coefficient (Wildman–Crippen LogP) is 2.44. The van der Waals surface area contributed by atoms with E-state index in [0.29, 0.717) is 6.54 Å². The molecule has 80 valence electrons. The van der Waals surface area contributed by atoms with Crippen LogP contribution in [0.3, 0.4) is 0 Å². The summed E-state index contributed by atoms with van der Waals surface area (Å²) in [5, 5.41) is -0.755. The monoisotopic (exact) mass is 305 g/mol. The Labute approximate surface area is 104 Å². The standard InChI is InChI=1S/C11H13ClNPSe/c1-3-10-13(4-2)14(12,15)11-8-6-5-7-9-11/h1,5-9H,4,10H2,2H3. The molecule has 1 unspecified atom stereocenters. The summed E-state index contributed by atoms with van der Waals surface area (Å²) in [6.07, 6.45) is 5.33. The van der Waals surface area contributed by atoms with E-state index in [4.69, 9.17) is 17.7 Å². The molecule has 1 atom stereocenters. The average molecular weight is 305 g/mol. The zero-order chi connectivity index (χ0) is 11.3. The Morgan fingerprint density at radius 1 is 1.47 bits per heavy atom. The molecule has 0 fully saturated rings. The van der Waals surface area contributed by atoms with Gasteiger partial charge >= 0.3 is 104 Å². The Kier molecular flexibility index (Phi) is 5.13. The summed E-state index contributed by atoms with van der Waals surface area (Å²) in [7, 11) is 0. The molecule has 0 heterocycles. The summed E-state index contributed by atoms with van der Waals surface area (Å²) in [6, 6.07) is 10.0. The molecule has 0 aromatic heterocycles. The first-order valence-corrected chi connectivity index (χ1v) is 9.53. The summed E-state index contributed by atoms with van der Waals surface area (Å²) in [6.45, 7) is 3.49. The first-order valence-electron chi connectivity index (χ1n) is 4.67. The van der Waals surface area contributed by atoms with E-state index in [1.807, 2.05) is 30.3 Å². The minimum atomic E-state index is -1.88. The van der Waals surface area contributed by atoms with Gasteiger partial charge in [0, 0.05) is 0 Å². The van der Waals surface area contributed by atoms with Crippen molar-refractivity contribution in [3.63, 3.8) is 0 Å². The molecule has 0 aliphatic carbocycles. The summed E-state index contributed by atoms with van der Waals surface area (Å²) >= 11 is 9.70. The maximum atomic E-state index is 6.59. The van der Waals surface area contributed by atoms with Crippen molar-refractivity contribution in [3.05, 3.63) is 30.3 Å². The normalized spacial score (nSPS) is 14.5. The first kappa shape index (κ1) is 13.0. The Bertz CT molecular complexity index is 399. The molecule has 1 aromatic carbocycles. The van der Waals surface area contributed by atoms with Crippen LogP contribution >= 0.6 is 16.3 Å². The summed E-state index contributed by atoms with van der Waals surface area (Å²) in [4.78, 5) is 0. The van der Waals surface area contributed by atoms with Crippen LogP contribution < -0.4 is 5.30 Å². The van der Waals surface area contributed by atoms with Gasteiger partial charge in [0.15, 0.2) is 0 Å². The van der Waals surface area contributed by atoms with Crippen LogP contribution in [0.5, 0.6) is 0 Å². The van der Waals surface area contributed by atoms with Gasteiger partial charge in [-0.05, 0) is 0 Å². The number of halogens is 1. The zero-order valence-electron chi connectivity index (χ0n) is 8.56. The number of hydrogen-bond acceptors (Lipinski definition) is 1. The van der Waals surface area contributed by atoms with Gasteiger partial charge in [-0.15, -0.1) is 0 Å². The second-order valence-corrected chi connectivity index (χ2v) is 11.3. The van der Waals surface area contributed by atoms with Crippen molar-refractivity contribution in [1.29, 1.82) is 0 Å². The van der Waals surface area contributed by atoms with E-state index in [2.05, 4.69) is 32.6 Å². The van der Waals surface area contributed by atoms with Gasteiger partial charge in [0.25, 0.3) is 0 Å². The van der Waals surface area contributed by atoms with Crippen LogP contribution in [0.15, 0.2) is 30.3 Å². The fourth-order valence-corrected chi connectivity index (χ4v) is 5.43. The molecule has 0 saturated carbocycles. The molecule has 15 heavy (non-hydrogen) atoms. The molecule has 0 aliphatic heterocycles. The number of hydrogen-bond donors (Lipinski definition) is 0. The van der Waals surface area contributed by atoms with E-state index >= 15 is 0 Å². The van der Waals surface area contributed by atoms with Crippen molar-refractivity contribution in [1.82, 2.24) is 4.67 Å². The molecule has 1 aromatic rings. The van der Waals surface area contributed by atoms with Crippen molar-refractivity contribution in [2.75, 3.05) is 13.1 Å². The summed E-state index contributed by atoms with van der Waals surface area (Å²) in [5.41, 5.74) is 0. The molecule has 0 amide bonds. The fourth-order valence-electron chi connectivity index (χ4n) is 1.27. The second kappa shape index (κ2) is 5.90. The molecular weight excluding hydrogens is 292 g/mol. The SMILES string of the molecule is C#CCN(CC)P(Cl)(=[Se])c1ccccc1. The summed E-state index contributed by atoms with van der Waals surface area (Å²) < 4.78 is 2.11. The number of nitrogens with zero attached hydrogens (tertiary/aromatic N) is 1. The number of benzene rings is 1. The minimum absolute atomic E-state index is 0.579. The quantitative estimate of drug-likeness (QED) is 0.469. The molecule has 4 heteroatoms. The number of terminal acetylenes is 1. The van der Waals surface area contributed by atoms with Gasteiger partial charge in [0.1, 0.15) is 0 Å². The summed E-state index contributed by atoms with van der Waals surface area (Å²) in [5.74, 6) is 2.64. The van der Waals surface area contributed by atoms with E-state index in [1.54, 1.807) is 0 Å². The van der Waals surface area contributed by atoms with Gasteiger partial charge < -0.3 is 0 Å². The molecule has 0 saturated heterocycles. The van der Waals surface area contributed by atoms with Crippen LogP contribution in [-0.2, 0) is 0 Å². The maximum absolute atomic E-state index is 6.59. The molecule has 0 N–H and O–H groups in total. The van der Waals surface area contributed by atoms with Crippen LogP contribution in [0.2, 0.25) is 0 Å². The van der Waals surface area contributed by atoms with Gasteiger partial charge in [-0.3, -0.25) is 0 Å². The third-order valence-electron chi connectivity index (χ3n) is 2.08. The average Bonchev–Trinajstić information content (AvgIpc) is 2.27. The molecular formula is C11H13ClNPSe. The number of rotatable bonds is 4.